The Morgan fingerprint density at radius 1 is 0.825 bits per heavy atom. The van der Waals surface area contributed by atoms with Crippen molar-refractivity contribution in [1.82, 2.24) is 15.1 Å². The number of alkyl carbamates (subject to hydrolysis) is 1. The van der Waals surface area contributed by atoms with Gasteiger partial charge in [0.15, 0.2) is 6.29 Å². The maximum Gasteiger partial charge on any atom is 0.408 e. The van der Waals surface area contributed by atoms with Crippen LogP contribution in [0.15, 0.2) is 133 Å². The Balaban J connectivity index is 1.03. The zero-order chi connectivity index (χ0) is 39.9. The first-order valence-corrected chi connectivity index (χ1v) is 19.4. The number of likely N-dealkylation sites (tertiary alicyclic amines) is 1. The maximum absolute atomic E-state index is 13.2. The number of aliphatic hydroxyl groups excluding tert-OH is 1. The van der Waals surface area contributed by atoms with Gasteiger partial charge >= 0.3 is 6.09 Å². The molecule has 0 aliphatic carbocycles. The van der Waals surface area contributed by atoms with Gasteiger partial charge in [0.2, 0.25) is 5.91 Å². The summed E-state index contributed by atoms with van der Waals surface area (Å²) >= 11 is 0. The molecule has 0 aromatic heterocycles. The van der Waals surface area contributed by atoms with Gasteiger partial charge in [-0.2, -0.15) is 0 Å². The van der Waals surface area contributed by atoms with E-state index >= 15 is 0 Å². The Morgan fingerprint density at radius 3 is 2.19 bits per heavy atom. The van der Waals surface area contributed by atoms with Crippen molar-refractivity contribution < 1.29 is 33.7 Å². The molecule has 1 unspecified atom stereocenters. The summed E-state index contributed by atoms with van der Waals surface area (Å²) in [6, 6.07) is 42.6. The van der Waals surface area contributed by atoms with Gasteiger partial charge in [0.1, 0.15) is 12.6 Å². The van der Waals surface area contributed by atoms with Crippen LogP contribution in [0, 0.1) is 5.92 Å². The van der Waals surface area contributed by atoms with E-state index in [0.717, 1.165) is 38.9 Å². The van der Waals surface area contributed by atoms with Crippen LogP contribution in [-0.4, -0.2) is 58.6 Å². The van der Waals surface area contributed by atoms with Crippen LogP contribution in [0.4, 0.5) is 4.79 Å². The third-order valence-electron chi connectivity index (χ3n) is 11.1. The molecule has 5 aromatic rings. The molecule has 0 bridgehead atoms. The van der Waals surface area contributed by atoms with Gasteiger partial charge in [-0.3, -0.25) is 19.4 Å². The molecular weight excluding hydrogens is 719 g/mol. The molecule has 10 nitrogen and oxygen atoms in total. The molecule has 2 N–H and O–H groups in total. The first-order chi connectivity index (χ1) is 27.7. The summed E-state index contributed by atoms with van der Waals surface area (Å²) in [7, 11) is 2.13. The topological polar surface area (TPSA) is 118 Å². The van der Waals surface area contributed by atoms with Crippen molar-refractivity contribution in [3.63, 3.8) is 0 Å². The van der Waals surface area contributed by atoms with Crippen LogP contribution in [0.3, 0.4) is 0 Å². The van der Waals surface area contributed by atoms with Crippen molar-refractivity contribution in [2.24, 2.45) is 5.92 Å². The summed E-state index contributed by atoms with van der Waals surface area (Å²) in [6.07, 6.45) is -1.85. The van der Waals surface area contributed by atoms with Gasteiger partial charge in [-0.05, 0) is 59.0 Å². The number of rotatable bonds is 13. The standard InChI is InChI=1S/C47H49N3O7/c1-31-42(28-49(3)32(2)36-14-8-5-9-15-36)56-46(57-44(31)38-19-17-33(29-51)18-20-38)39-23-21-37(22-24-39)40-16-10-13-35(25-40)27-50-43(52)26-41(45(50)53)48-47(54)55-30-34-11-6-4-7-12-34/h4-25,31-32,41-42,44,46,51H,26-30H2,1-3H3,(H,48,54)/t31-,32+,41?,42+,44+,46+/m1/s1. The molecule has 2 saturated heterocycles. The van der Waals surface area contributed by atoms with E-state index in [2.05, 4.69) is 55.4 Å². The second-order valence-corrected chi connectivity index (χ2v) is 15.0. The zero-order valence-corrected chi connectivity index (χ0v) is 32.5. The van der Waals surface area contributed by atoms with Crippen molar-refractivity contribution in [2.75, 3.05) is 13.6 Å². The number of hydrogen-bond donors (Lipinski definition) is 2. The monoisotopic (exact) mass is 767 g/mol. The van der Waals surface area contributed by atoms with Crippen LogP contribution in [0.2, 0.25) is 0 Å². The minimum atomic E-state index is -0.976. The Bertz CT molecular complexity index is 2130. The number of hydrogen-bond acceptors (Lipinski definition) is 8. The van der Waals surface area contributed by atoms with Crippen LogP contribution < -0.4 is 5.32 Å². The summed E-state index contributed by atoms with van der Waals surface area (Å²) in [5.41, 5.74) is 7.48. The van der Waals surface area contributed by atoms with Gasteiger partial charge in [0, 0.05) is 24.1 Å². The normalized spacial score (nSPS) is 21.4. The zero-order valence-electron chi connectivity index (χ0n) is 32.5. The number of carbonyl (C=O) groups excluding carboxylic acids is 3. The lowest BCUT2D eigenvalue weighted by molar-refractivity contribution is -0.276. The fraction of sp³-hybridized carbons (Fsp3) is 0.298. The summed E-state index contributed by atoms with van der Waals surface area (Å²) in [5.74, 6) is -0.774. The highest BCUT2D eigenvalue weighted by Gasteiger charge is 2.41. The number of nitrogens with zero attached hydrogens (tertiary/aromatic N) is 2. The van der Waals surface area contributed by atoms with Crippen LogP contribution >= 0.6 is 0 Å². The third kappa shape index (κ3) is 9.49. The van der Waals surface area contributed by atoms with E-state index in [1.807, 2.05) is 109 Å². The van der Waals surface area contributed by atoms with E-state index in [-0.39, 0.29) is 56.3 Å². The summed E-state index contributed by atoms with van der Waals surface area (Å²) in [5, 5.41) is 12.2. The van der Waals surface area contributed by atoms with Gasteiger partial charge in [-0.25, -0.2) is 4.79 Å². The fourth-order valence-electron chi connectivity index (χ4n) is 7.49. The first-order valence-electron chi connectivity index (χ1n) is 19.4. The molecule has 3 amide bonds. The molecule has 6 atom stereocenters. The minimum Gasteiger partial charge on any atom is -0.445 e. The number of benzene rings is 5. The maximum atomic E-state index is 13.2. The number of imide groups is 1. The quantitative estimate of drug-likeness (QED) is 0.116. The van der Waals surface area contributed by atoms with Crippen molar-refractivity contribution >= 4 is 17.9 Å². The van der Waals surface area contributed by atoms with E-state index in [1.165, 1.54) is 10.5 Å². The predicted octanol–water partition coefficient (Wildman–Crippen LogP) is 7.88. The second kappa shape index (κ2) is 18.1. The molecule has 10 heteroatoms. The van der Waals surface area contributed by atoms with Gasteiger partial charge in [0.05, 0.1) is 31.8 Å². The van der Waals surface area contributed by atoms with Gasteiger partial charge in [0.25, 0.3) is 5.91 Å². The fourth-order valence-corrected chi connectivity index (χ4v) is 7.49. The highest BCUT2D eigenvalue weighted by Crippen LogP contribution is 2.42. The first kappa shape index (κ1) is 39.6. The van der Waals surface area contributed by atoms with E-state index in [0.29, 0.717) is 6.54 Å². The van der Waals surface area contributed by atoms with E-state index < -0.39 is 24.3 Å². The number of nitrogens with one attached hydrogen (secondary N) is 1. The molecule has 5 aromatic carbocycles. The summed E-state index contributed by atoms with van der Waals surface area (Å²) in [6.45, 7) is 5.20. The Kier molecular flexibility index (Phi) is 12.6. The largest absolute Gasteiger partial charge is 0.445 e. The lowest BCUT2D eigenvalue weighted by Gasteiger charge is -2.43. The highest BCUT2D eigenvalue weighted by molar-refractivity contribution is 6.06. The van der Waals surface area contributed by atoms with Crippen LogP contribution in [0.1, 0.15) is 72.1 Å². The SMILES string of the molecule is C[C@@H]1[C@H](CN(C)[C@@H](C)c2ccccc2)O[C@H](c2ccc(-c3cccc(CN4C(=O)CC(NC(=O)OCc5ccccc5)C4=O)c3)cc2)O[C@@H]1c1ccc(CO)cc1. The molecular formula is C47H49N3O7. The average Bonchev–Trinajstić information content (AvgIpc) is 3.51. The third-order valence-corrected chi connectivity index (χ3v) is 11.1. The average molecular weight is 768 g/mol. The van der Waals surface area contributed by atoms with Crippen molar-refractivity contribution in [1.29, 1.82) is 0 Å². The number of amides is 3. The summed E-state index contributed by atoms with van der Waals surface area (Å²) < 4.78 is 18.7. The molecule has 2 aliphatic heterocycles. The molecule has 0 radical (unpaired) electrons. The molecule has 0 spiro atoms. The van der Waals surface area contributed by atoms with Crippen LogP contribution in [0.25, 0.3) is 11.1 Å². The second-order valence-electron chi connectivity index (χ2n) is 15.0. The van der Waals surface area contributed by atoms with E-state index in [4.69, 9.17) is 14.2 Å². The smallest absolute Gasteiger partial charge is 0.408 e. The lowest BCUT2D eigenvalue weighted by atomic mass is 9.89. The molecule has 294 valence electrons. The molecule has 57 heavy (non-hydrogen) atoms. The highest BCUT2D eigenvalue weighted by atomic mass is 16.7. The van der Waals surface area contributed by atoms with Gasteiger partial charge < -0.3 is 24.6 Å². The minimum absolute atomic E-state index is 0.0203. The molecule has 2 fully saturated rings. The van der Waals surface area contributed by atoms with Crippen LogP contribution in [0.5, 0.6) is 0 Å². The molecule has 2 heterocycles. The predicted molar refractivity (Wildman–Crippen MR) is 216 cm³/mol. The Hall–Kier alpha value is -5.65. The number of likely N-dealkylation sites (N-methyl/N-ethyl adjacent to an activating group) is 1. The Labute approximate surface area is 334 Å². The molecule has 2 aliphatic rings. The summed E-state index contributed by atoms with van der Waals surface area (Å²) in [4.78, 5) is 42.1. The van der Waals surface area contributed by atoms with Crippen LogP contribution in [-0.2, 0) is 43.6 Å². The number of aliphatic hydroxyl groups is 1. The van der Waals surface area contributed by atoms with Crippen molar-refractivity contribution in [3.8, 4) is 11.1 Å². The molecule has 0 saturated carbocycles. The lowest BCUT2D eigenvalue weighted by Crippen LogP contribution is -2.44. The number of carbonyl (C=O) groups is 3. The van der Waals surface area contributed by atoms with E-state index in [9.17, 15) is 19.5 Å². The van der Waals surface area contributed by atoms with Crippen molar-refractivity contribution in [3.05, 3.63) is 167 Å². The van der Waals surface area contributed by atoms with E-state index in [1.54, 1.807) is 0 Å². The van der Waals surface area contributed by atoms with Crippen molar-refractivity contribution in [2.45, 2.75) is 70.6 Å². The van der Waals surface area contributed by atoms with Gasteiger partial charge in [-0.15, -0.1) is 0 Å². The number of ether oxygens (including phenoxy) is 3. The Morgan fingerprint density at radius 2 is 1.49 bits per heavy atom. The molecule has 7 rings (SSSR count). The van der Waals surface area contributed by atoms with Gasteiger partial charge in [-0.1, -0.05) is 134 Å².